The van der Waals surface area contributed by atoms with E-state index >= 15 is 0 Å². The SMILES string of the molecule is COC(=O)C1CCN(Cc2noc(-c3ccsc3)n2)C1. The van der Waals surface area contributed by atoms with Crippen LogP contribution >= 0.6 is 11.3 Å². The van der Waals surface area contributed by atoms with E-state index in [0.29, 0.717) is 24.8 Å². The standard InChI is InChI=1S/C13H15N3O3S/c1-18-13(17)9-2-4-16(6-9)7-11-14-12(19-15-11)10-3-5-20-8-10/h3,5,8-9H,2,4,6-7H2,1H3. The highest BCUT2D eigenvalue weighted by Gasteiger charge is 2.29. The predicted octanol–water partition coefficient (Wildman–Crippen LogP) is 1.79. The summed E-state index contributed by atoms with van der Waals surface area (Å²) in [6.45, 7) is 2.14. The number of carbonyl (C=O) groups is 1. The van der Waals surface area contributed by atoms with Gasteiger partial charge in [-0.15, -0.1) is 0 Å². The molecule has 7 heteroatoms. The van der Waals surface area contributed by atoms with E-state index in [4.69, 9.17) is 9.26 Å². The minimum absolute atomic E-state index is 0.0387. The molecule has 2 aromatic rings. The minimum atomic E-state index is -0.139. The summed E-state index contributed by atoms with van der Waals surface area (Å²) in [7, 11) is 1.43. The first-order chi connectivity index (χ1) is 9.76. The van der Waals surface area contributed by atoms with E-state index in [1.807, 2.05) is 16.8 Å². The molecule has 106 valence electrons. The molecular weight excluding hydrogens is 278 g/mol. The lowest BCUT2D eigenvalue weighted by Crippen LogP contribution is -2.24. The number of hydrogen-bond donors (Lipinski definition) is 0. The molecule has 2 aromatic heterocycles. The Morgan fingerprint density at radius 2 is 2.55 bits per heavy atom. The van der Waals surface area contributed by atoms with Crippen molar-refractivity contribution in [1.29, 1.82) is 0 Å². The van der Waals surface area contributed by atoms with Gasteiger partial charge in [0.2, 0.25) is 0 Å². The van der Waals surface area contributed by atoms with Gasteiger partial charge in [0.05, 0.1) is 25.1 Å². The van der Waals surface area contributed by atoms with Crippen molar-refractivity contribution in [3.63, 3.8) is 0 Å². The van der Waals surface area contributed by atoms with Crippen LogP contribution in [-0.4, -0.2) is 41.2 Å². The monoisotopic (exact) mass is 293 g/mol. The molecular formula is C13H15N3O3S. The molecule has 3 heterocycles. The van der Waals surface area contributed by atoms with Gasteiger partial charge in [0.25, 0.3) is 5.89 Å². The van der Waals surface area contributed by atoms with E-state index in [9.17, 15) is 4.79 Å². The maximum absolute atomic E-state index is 11.5. The van der Waals surface area contributed by atoms with Crippen molar-refractivity contribution in [2.75, 3.05) is 20.2 Å². The van der Waals surface area contributed by atoms with Gasteiger partial charge < -0.3 is 9.26 Å². The molecule has 1 aliphatic heterocycles. The van der Waals surface area contributed by atoms with Gasteiger partial charge in [0, 0.05) is 11.9 Å². The highest BCUT2D eigenvalue weighted by molar-refractivity contribution is 7.08. The van der Waals surface area contributed by atoms with Crippen LogP contribution < -0.4 is 0 Å². The Hall–Kier alpha value is -1.73. The molecule has 0 saturated carbocycles. The first-order valence-corrected chi connectivity index (χ1v) is 7.36. The Labute approximate surface area is 120 Å². The fourth-order valence-electron chi connectivity index (χ4n) is 2.36. The molecule has 0 N–H and O–H groups in total. The third kappa shape index (κ3) is 2.73. The number of esters is 1. The number of methoxy groups -OCH3 is 1. The van der Waals surface area contributed by atoms with Crippen LogP contribution in [0.25, 0.3) is 11.5 Å². The summed E-state index contributed by atoms with van der Waals surface area (Å²) in [6, 6.07) is 1.95. The first-order valence-electron chi connectivity index (χ1n) is 6.41. The molecule has 6 nitrogen and oxygen atoms in total. The second-order valence-electron chi connectivity index (χ2n) is 4.77. The van der Waals surface area contributed by atoms with Crippen LogP contribution in [0.2, 0.25) is 0 Å². The van der Waals surface area contributed by atoms with Crippen molar-refractivity contribution in [3.8, 4) is 11.5 Å². The van der Waals surface area contributed by atoms with Crippen LogP contribution in [0.3, 0.4) is 0 Å². The van der Waals surface area contributed by atoms with Crippen LogP contribution in [0.5, 0.6) is 0 Å². The predicted molar refractivity (Wildman–Crippen MR) is 73.0 cm³/mol. The van der Waals surface area contributed by atoms with E-state index in [1.165, 1.54) is 7.11 Å². The summed E-state index contributed by atoms with van der Waals surface area (Å²) < 4.78 is 10.0. The fourth-order valence-corrected chi connectivity index (χ4v) is 2.99. The average Bonchev–Trinajstić information content (AvgIpc) is 3.19. The van der Waals surface area contributed by atoms with Crippen LogP contribution in [-0.2, 0) is 16.1 Å². The molecule has 1 saturated heterocycles. The maximum atomic E-state index is 11.5. The van der Waals surface area contributed by atoms with E-state index < -0.39 is 0 Å². The third-order valence-electron chi connectivity index (χ3n) is 3.41. The van der Waals surface area contributed by atoms with Gasteiger partial charge in [0.1, 0.15) is 0 Å². The molecule has 3 rings (SSSR count). The largest absolute Gasteiger partial charge is 0.469 e. The van der Waals surface area contributed by atoms with E-state index in [-0.39, 0.29) is 11.9 Å². The topological polar surface area (TPSA) is 68.5 Å². The Balaban J connectivity index is 1.61. The highest BCUT2D eigenvalue weighted by Crippen LogP contribution is 2.22. The fraction of sp³-hybridized carbons (Fsp3) is 0.462. The number of thiophene rings is 1. The normalized spacial score (nSPS) is 19.4. The van der Waals surface area contributed by atoms with Crippen molar-refractivity contribution >= 4 is 17.3 Å². The molecule has 0 radical (unpaired) electrons. The van der Waals surface area contributed by atoms with Crippen LogP contribution in [0.15, 0.2) is 21.3 Å². The Bertz CT molecular complexity index is 581. The zero-order chi connectivity index (χ0) is 13.9. The lowest BCUT2D eigenvalue weighted by atomic mass is 10.1. The number of rotatable bonds is 4. The van der Waals surface area contributed by atoms with Crippen LogP contribution in [0, 0.1) is 5.92 Å². The smallest absolute Gasteiger partial charge is 0.310 e. The molecule has 0 bridgehead atoms. The van der Waals surface area contributed by atoms with Gasteiger partial charge in [-0.2, -0.15) is 16.3 Å². The highest BCUT2D eigenvalue weighted by atomic mass is 32.1. The summed E-state index contributed by atoms with van der Waals surface area (Å²) in [6.07, 6.45) is 0.821. The van der Waals surface area contributed by atoms with E-state index in [0.717, 1.165) is 18.5 Å². The molecule has 1 aliphatic rings. The summed E-state index contributed by atoms with van der Waals surface area (Å²) in [5, 5.41) is 7.93. The lowest BCUT2D eigenvalue weighted by Gasteiger charge is -2.12. The van der Waals surface area contributed by atoms with Crippen molar-refractivity contribution in [1.82, 2.24) is 15.0 Å². The molecule has 0 spiro atoms. The van der Waals surface area contributed by atoms with Crippen LogP contribution in [0.1, 0.15) is 12.2 Å². The summed E-state index contributed by atoms with van der Waals surface area (Å²) in [5.74, 6) is 1.02. The van der Waals surface area contributed by atoms with Gasteiger partial charge in [0.15, 0.2) is 5.82 Å². The zero-order valence-electron chi connectivity index (χ0n) is 11.1. The van der Waals surface area contributed by atoms with E-state index in [1.54, 1.807) is 11.3 Å². The van der Waals surface area contributed by atoms with Gasteiger partial charge in [-0.3, -0.25) is 9.69 Å². The second kappa shape index (κ2) is 5.72. The molecule has 0 aliphatic carbocycles. The second-order valence-corrected chi connectivity index (χ2v) is 5.55. The Morgan fingerprint density at radius 3 is 3.30 bits per heavy atom. The Morgan fingerprint density at radius 1 is 1.65 bits per heavy atom. The number of likely N-dealkylation sites (tertiary alicyclic amines) is 1. The molecule has 1 unspecified atom stereocenters. The Kier molecular flexibility index (Phi) is 3.79. The third-order valence-corrected chi connectivity index (χ3v) is 4.09. The number of aromatic nitrogens is 2. The summed E-state index contributed by atoms with van der Waals surface area (Å²) >= 11 is 1.59. The molecule has 1 atom stereocenters. The van der Waals surface area contributed by atoms with Crippen molar-refractivity contribution in [2.24, 2.45) is 5.92 Å². The molecule has 0 amide bonds. The van der Waals surface area contributed by atoms with Crippen molar-refractivity contribution < 1.29 is 14.1 Å². The van der Waals surface area contributed by atoms with Gasteiger partial charge in [-0.05, 0) is 24.4 Å². The average molecular weight is 293 g/mol. The summed E-state index contributed by atoms with van der Waals surface area (Å²) in [4.78, 5) is 18.0. The number of ether oxygens (including phenoxy) is 1. The van der Waals surface area contributed by atoms with Gasteiger partial charge in [-0.25, -0.2) is 0 Å². The summed E-state index contributed by atoms with van der Waals surface area (Å²) in [5.41, 5.74) is 0.947. The van der Waals surface area contributed by atoms with E-state index in [2.05, 4.69) is 15.0 Å². The van der Waals surface area contributed by atoms with Gasteiger partial charge >= 0.3 is 5.97 Å². The molecule has 20 heavy (non-hydrogen) atoms. The first kappa shape index (κ1) is 13.3. The quantitative estimate of drug-likeness (QED) is 0.801. The maximum Gasteiger partial charge on any atom is 0.310 e. The molecule has 0 aromatic carbocycles. The molecule has 1 fully saturated rings. The minimum Gasteiger partial charge on any atom is -0.469 e. The number of carbonyl (C=O) groups excluding carboxylic acids is 1. The zero-order valence-corrected chi connectivity index (χ0v) is 11.9. The van der Waals surface area contributed by atoms with Crippen molar-refractivity contribution in [3.05, 3.63) is 22.7 Å². The number of hydrogen-bond acceptors (Lipinski definition) is 7. The van der Waals surface area contributed by atoms with Crippen molar-refractivity contribution in [2.45, 2.75) is 13.0 Å². The lowest BCUT2D eigenvalue weighted by molar-refractivity contribution is -0.144. The van der Waals surface area contributed by atoms with Crippen LogP contribution in [0.4, 0.5) is 0 Å². The van der Waals surface area contributed by atoms with Gasteiger partial charge in [-0.1, -0.05) is 5.16 Å². The number of nitrogens with zero attached hydrogens (tertiary/aromatic N) is 3.